The minimum atomic E-state index is -0.395. The molecule has 1 fully saturated rings. The summed E-state index contributed by atoms with van der Waals surface area (Å²) in [7, 11) is 1.38. The minimum absolute atomic E-state index is 0.0494. The van der Waals surface area contributed by atoms with Gasteiger partial charge in [-0.15, -0.1) is 0 Å². The quantitative estimate of drug-likeness (QED) is 0.800. The van der Waals surface area contributed by atoms with Gasteiger partial charge in [0.15, 0.2) is 0 Å². The summed E-state index contributed by atoms with van der Waals surface area (Å²) in [6.07, 6.45) is 3.81. The Bertz CT molecular complexity index is 513. The number of hydrogen-bond donors (Lipinski definition) is 0. The molecule has 1 amide bonds. The second-order valence-electron chi connectivity index (χ2n) is 5.55. The standard InChI is InChI=1S/C17H23NO3/c1-13-7-3-4-8-14(13)10-11-16(19)18-12-6-5-9-15(18)17(20)21-2/h3-4,7-8,15H,5-6,9-12H2,1-2H3. The molecule has 0 saturated carbocycles. The van der Waals surface area contributed by atoms with Crippen molar-refractivity contribution in [2.45, 2.75) is 45.1 Å². The van der Waals surface area contributed by atoms with Crippen molar-refractivity contribution in [3.8, 4) is 0 Å². The number of nitrogens with zero attached hydrogens (tertiary/aromatic N) is 1. The van der Waals surface area contributed by atoms with Crippen LogP contribution in [0.3, 0.4) is 0 Å². The molecule has 0 spiro atoms. The normalized spacial score (nSPS) is 18.4. The third-order valence-corrected chi connectivity index (χ3v) is 4.17. The first-order valence-electron chi connectivity index (χ1n) is 7.55. The number of piperidine rings is 1. The molecule has 1 heterocycles. The number of aryl methyl sites for hydroxylation is 2. The van der Waals surface area contributed by atoms with Crippen LogP contribution in [0.25, 0.3) is 0 Å². The highest BCUT2D eigenvalue weighted by molar-refractivity contribution is 5.84. The third kappa shape index (κ3) is 3.84. The smallest absolute Gasteiger partial charge is 0.328 e. The fourth-order valence-electron chi connectivity index (χ4n) is 2.89. The maximum absolute atomic E-state index is 12.4. The highest BCUT2D eigenvalue weighted by atomic mass is 16.5. The summed E-state index contributed by atoms with van der Waals surface area (Å²) < 4.78 is 4.82. The number of amides is 1. The van der Waals surface area contributed by atoms with Gasteiger partial charge < -0.3 is 9.64 Å². The molecule has 114 valence electrons. The molecule has 1 atom stereocenters. The van der Waals surface area contributed by atoms with Crippen LogP contribution in [0.5, 0.6) is 0 Å². The molecular weight excluding hydrogens is 266 g/mol. The Labute approximate surface area is 126 Å². The Balaban J connectivity index is 1.98. The molecule has 21 heavy (non-hydrogen) atoms. The van der Waals surface area contributed by atoms with Crippen LogP contribution in [0.2, 0.25) is 0 Å². The van der Waals surface area contributed by atoms with Gasteiger partial charge in [-0.25, -0.2) is 4.79 Å². The van der Waals surface area contributed by atoms with Crippen molar-refractivity contribution in [1.82, 2.24) is 4.90 Å². The van der Waals surface area contributed by atoms with Crippen LogP contribution in [0.1, 0.15) is 36.8 Å². The molecule has 4 nitrogen and oxygen atoms in total. The van der Waals surface area contributed by atoms with E-state index >= 15 is 0 Å². The number of carbonyl (C=O) groups is 2. The molecule has 1 aliphatic rings. The molecule has 1 saturated heterocycles. The fourth-order valence-corrected chi connectivity index (χ4v) is 2.89. The summed E-state index contributed by atoms with van der Waals surface area (Å²) in [5.41, 5.74) is 2.39. The van der Waals surface area contributed by atoms with Gasteiger partial charge in [0.2, 0.25) is 5.91 Å². The lowest BCUT2D eigenvalue weighted by molar-refractivity contribution is -0.154. The van der Waals surface area contributed by atoms with Crippen LogP contribution < -0.4 is 0 Å². The Hall–Kier alpha value is -1.84. The molecule has 0 N–H and O–H groups in total. The van der Waals surface area contributed by atoms with Gasteiger partial charge in [-0.3, -0.25) is 4.79 Å². The molecule has 1 aliphatic heterocycles. The van der Waals surface area contributed by atoms with Crippen molar-refractivity contribution < 1.29 is 14.3 Å². The predicted octanol–water partition coefficient (Wildman–Crippen LogP) is 2.48. The molecule has 0 radical (unpaired) electrons. The molecule has 1 aromatic carbocycles. The van der Waals surface area contributed by atoms with Crippen LogP contribution in [0.15, 0.2) is 24.3 Å². The minimum Gasteiger partial charge on any atom is -0.467 e. The number of esters is 1. The monoisotopic (exact) mass is 289 g/mol. The van der Waals surface area contributed by atoms with Crippen LogP contribution in [0.4, 0.5) is 0 Å². The van der Waals surface area contributed by atoms with Gasteiger partial charge >= 0.3 is 5.97 Å². The van der Waals surface area contributed by atoms with Crippen molar-refractivity contribution in [3.05, 3.63) is 35.4 Å². The largest absolute Gasteiger partial charge is 0.467 e. The number of ether oxygens (including phenoxy) is 1. The van der Waals surface area contributed by atoms with E-state index in [-0.39, 0.29) is 11.9 Å². The van der Waals surface area contributed by atoms with E-state index in [2.05, 4.69) is 19.1 Å². The van der Waals surface area contributed by atoms with E-state index in [1.165, 1.54) is 18.2 Å². The molecule has 1 unspecified atom stereocenters. The first kappa shape index (κ1) is 15.5. The molecule has 0 aliphatic carbocycles. The first-order chi connectivity index (χ1) is 10.1. The van der Waals surface area contributed by atoms with E-state index in [4.69, 9.17) is 4.74 Å². The lowest BCUT2D eigenvalue weighted by Gasteiger charge is -2.33. The number of hydrogen-bond acceptors (Lipinski definition) is 3. The fraction of sp³-hybridized carbons (Fsp3) is 0.529. The topological polar surface area (TPSA) is 46.6 Å². The number of methoxy groups -OCH3 is 1. The maximum Gasteiger partial charge on any atom is 0.328 e. The Kier molecular flexibility index (Phi) is 5.37. The Morgan fingerprint density at radius 2 is 2.05 bits per heavy atom. The van der Waals surface area contributed by atoms with Crippen LogP contribution in [0, 0.1) is 6.92 Å². The van der Waals surface area contributed by atoms with Gasteiger partial charge in [0.05, 0.1) is 7.11 Å². The predicted molar refractivity (Wildman–Crippen MR) is 80.9 cm³/mol. The summed E-state index contributed by atoms with van der Waals surface area (Å²) in [4.78, 5) is 25.9. The summed E-state index contributed by atoms with van der Waals surface area (Å²) in [6.45, 7) is 2.71. The zero-order valence-corrected chi connectivity index (χ0v) is 12.8. The second kappa shape index (κ2) is 7.25. The van der Waals surface area contributed by atoms with Crippen LogP contribution in [-0.2, 0) is 20.7 Å². The molecule has 1 aromatic rings. The van der Waals surface area contributed by atoms with Crippen molar-refractivity contribution >= 4 is 11.9 Å². The van der Waals surface area contributed by atoms with Gasteiger partial charge in [-0.2, -0.15) is 0 Å². The summed E-state index contributed by atoms with van der Waals surface area (Å²) in [5.74, 6) is -0.243. The highest BCUT2D eigenvalue weighted by Crippen LogP contribution is 2.20. The highest BCUT2D eigenvalue weighted by Gasteiger charge is 2.32. The second-order valence-corrected chi connectivity index (χ2v) is 5.55. The van der Waals surface area contributed by atoms with Gasteiger partial charge in [0, 0.05) is 13.0 Å². The number of rotatable bonds is 4. The van der Waals surface area contributed by atoms with E-state index in [1.54, 1.807) is 4.90 Å². The maximum atomic E-state index is 12.4. The molecular formula is C17H23NO3. The van der Waals surface area contributed by atoms with Gasteiger partial charge in [-0.1, -0.05) is 24.3 Å². The number of carbonyl (C=O) groups excluding carboxylic acids is 2. The lowest BCUT2D eigenvalue weighted by Crippen LogP contribution is -2.48. The zero-order valence-electron chi connectivity index (χ0n) is 12.8. The first-order valence-corrected chi connectivity index (χ1v) is 7.55. The third-order valence-electron chi connectivity index (χ3n) is 4.17. The summed E-state index contributed by atoms with van der Waals surface area (Å²) >= 11 is 0. The van der Waals surface area contributed by atoms with E-state index < -0.39 is 6.04 Å². The number of benzene rings is 1. The number of likely N-dealkylation sites (tertiary alicyclic amines) is 1. The van der Waals surface area contributed by atoms with E-state index in [0.29, 0.717) is 19.4 Å². The van der Waals surface area contributed by atoms with Gasteiger partial charge in [0.1, 0.15) is 6.04 Å². The molecule has 2 rings (SSSR count). The SMILES string of the molecule is COC(=O)C1CCCCN1C(=O)CCc1ccccc1C. The van der Waals surface area contributed by atoms with Gasteiger partial charge in [-0.05, 0) is 43.7 Å². The Morgan fingerprint density at radius 1 is 1.29 bits per heavy atom. The molecule has 0 aromatic heterocycles. The zero-order chi connectivity index (χ0) is 15.2. The van der Waals surface area contributed by atoms with Crippen molar-refractivity contribution in [2.24, 2.45) is 0 Å². The van der Waals surface area contributed by atoms with Gasteiger partial charge in [0.25, 0.3) is 0 Å². The van der Waals surface area contributed by atoms with E-state index in [1.807, 2.05) is 12.1 Å². The van der Waals surface area contributed by atoms with Crippen molar-refractivity contribution in [2.75, 3.05) is 13.7 Å². The van der Waals surface area contributed by atoms with Crippen LogP contribution >= 0.6 is 0 Å². The van der Waals surface area contributed by atoms with Crippen LogP contribution in [-0.4, -0.2) is 36.5 Å². The molecule has 4 heteroatoms. The average molecular weight is 289 g/mol. The average Bonchev–Trinajstić information content (AvgIpc) is 2.53. The Morgan fingerprint density at radius 3 is 2.76 bits per heavy atom. The van der Waals surface area contributed by atoms with E-state index in [0.717, 1.165) is 19.3 Å². The summed E-state index contributed by atoms with van der Waals surface area (Å²) in [5, 5.41) is 0. The van der Waals surface area contributed by atoms with E-state index in [9.17, 15) is 9.59 Å². The lowest BCUT2D eigenvalue weighted by atomic mass is 10.00. The summed E-state index contributed by atoms with van der Waals surface area (Å²) in [6, 6.07) is 7.70. The molecule has 0 bridgehead atoms. The van der Waals surface area contributed by atoms with Crippen molar-refractivity contribution in [3.63, 3.8) is 0 Å². The van der Waals surface area contributed by atoms with Crippen molar-refractivity contribution in [1.29, 1.82) is 0 Å².